The highest BCUT2D eigenvalue weighted by atomic mass is 16.5. The van der Waals surface area contributed by atoms with Crippen molar-refractivity contribution in [2.75, 3.05) is 5.73 Å². The second-order valence-corrected chi connectivity index (χ2v) is 3.82. The van der Waals surface area contributed by atoms with Gasteiger partial charge in [0, 0.05) is 0 Å². The van der Waals surface area contributed by atoms with Crippen molar-refractivity contribution >= 4 is 5.69 Å². The van der Waals surface area contributed by atoms with Crippen LogP contribution < -0.4 is 10.5 Å². The maximum atomic E-state index is 8.65. The van der Waals surface area contributed by atoms with Gasteiger partial charge in [-0.1, -0.05) is 13.0 Å². The van der Waals surface area contributed by atoms with Crippen molar-refractivity contribution in [1.29, 1.82) is 5.26 Å². The zero-order chi connectivity index (χ0) is 13.0. The van der Waals surface area contributed by atoms with Gasteiger partial charge in [0.1, 0.15) is 23.3 Å². The van der Waals surface area contributed by atoms with Gasteiger partial charge in [0.05, 0.1) is 11.9 Å². The van der Waals surface area contributed by atoms with E-state index in [1.165, 1.54) is 6.20 Å². The van der Waals surface area contributed by atoms with Gasteiger partial charge in [0.2, 0.25) is 0 Å². The van der Waals surface area contributed by atoms with E-state index < -0.39 is 0 Å². The molecule has 0 amide bonds. The first-order chi connectivity index (χ1) is 8.72. The van der Waals surface area contributed by atoms with E-state index in [0.29, 0.717) is 22.9 Å². The highest BCUT2D eigenvalue weighted by molar-refractivity contribution is 5.55. The third-order valence-corrected chi connectivity index (χ3v) is 2.56. The lowest BCUT2D eigenvalue weighted by Gasteiger charge is -2.09. The van der Waals surface area contributed by atoms with E-state index in [9.17, 15) is 0 Å². The van der Waals surface area contributed by atoms with Crippen molar-refractivity contribution in [1.82, 2.24) is 4.98 Å². The van der Waals surface area contributed by atoms with Gasteiger partial charge in [0.25, 0.3) is 0 Å². The second kappa shape index (κ2) is 5.19. The second-order valence-electron chi connectivity index (χ2n) is 3.82. The van der Waals surface area contributed by atoms with Crippen LogP contribution in [0.2, 0.25) is 0 Å². The number of pyridine rings is 1. The first kappa shape index (κ1) is 11.9. The fraction of sp³-hybridized carbons (Fsp3) is 0.143. The highest BCUT2D eigenvalue weighted by Crippen LogP contribution is 2.27. The van der Waals surface area contributed by atoms with Crippen LogP contribution in [0, 0.1) is 11.3 Å². The van der Waals surface area contributed by atoms with Crippen LogP contribution in [0.5, 0.6) is 11.5 Å². The molecule has 4 heteroatoms. The van der Waals surface area contributed by atoms with Crippen LogP contribution in [0.1, 0.15) is 18.2 Å². The lowest BCUT2D eigenvalue weighted by Crippen LogP contribution is -1.94. The molecule has 0 spiro atoms. The molecule has 2 aromatic rings. The van der Waals surface area contributed by atoms with E-state index in [2.05, 4.69) is 11.9 Å². The van der Waals surface area contributed by atoms with Crippen LogP contribution in [-0.2, 0) is 6.42 Å². The standard InChI is InChI=1S/C14H13N3O/c1-2-10-3-6-14(13(16)7-10)18-12-5-4-11(8-15)17-9-12/h3-7,9H,2,16H2,1H3. The summed E-state index contributed by atoms with van der Waals surface area (Å²) in [6.07, 6.45) is 2.44. The average Bonchev–Trinajstić information content (AvgIpc) is 2.42. The normalized spacial score (nSPS) is 9.78. The Kier molecular flexibility index (Phi) is 3.44. The molecule has 1 aromatic carbocycles. The number of rotatable bonds is 3. The summed E-state index contributed by atoms with van der Waals surface area (Å²) in [7, 11) is 0. The number of benzene rings is 1. The molecule has 2 N–H and O–H groups in total. The van der Waals surface area contributed by atoms with E-state index in [1.54, 1.807) is 12.1 Å². The summed E-state index contributed by atoms with van der Waals surface area (Å²) in [6.45, 7) is 2.07. The zero-order valence-corrected chi connectivity index (χ0v) is 10.1. The van der Waals surface area contributed by atoms with E-state index in [4.69, 9.17) is 15.7 Å². The van der Waals surface area contributed by atoms with Crippen molar-refractivity contribution in [3.63, 3.8) is 0 Å². The monoisotopic (exact) mass is 239 g/mol. The summed E-state index contributed by atoms with van der Waals surface area (Å²) >= 11 is 0. The van der Waals surface area contributed by atoms with Crippen molar-refractivity contribution < 1.29 is 4.74 Å². The van der Waals surface area contributed by atoms with Crippen molar-refractivity contribution in [2.45, 2.75) is 13.3 Å². The predicted octanol–water partition coefficient (Wildman–Crippen LogP) is 2.89. The van der Waals surface area contributed by atoms with Gasteiger partial charge in [-0.25, -0.2) is 4.98 Å². The van der Waals surface area contributed by atoms with E-state index >= 15 is 0 Å². The molecule has 18 heavy (non-hydrogen) atoms. The Labute approximate surface area is 106 Å². The van der Waals surface area contributed by atoms with Gasteiger partial charge < -0.3 is 10.5 Å². The number of hydrogen-bond donors (Lipinski definition) is 1. The van der Waals surface area contributed by atoms with Gasteiger partial charge in [-0.3, -0.25) is 0 Å². The molecule has 0 atom stereocenters. The number of hydrogen-bond acceptors (Lipinski definition) is 4. The largest absolute Gasteiger partial charge is 0.454 e. The smallest absolute Gasteiger partial charge is 0.150 e. The Morgan fingerprint density at radius 3 is 2.72 bits per heavy atom. The van der Waals surface area contributed by atoms with Crippen LogP contribution in [0.3, 0.4) is 0 Å². The first-order valence-corrected chi connectivity index (χ1v) is 5.65. The van der Waals surface area contributed by atoms with Gasteiger partial charge in [0.15, 0.2) is 0 Å². The van der Waals surface area contributed by atoms with Crippen LogP contribution in [0.4, 0.5) is 5.69 Å². The molecule has 0 radical (unpaired) electrons. The molecule has 0 aliphatic heterocycles. The fourth-order valence-corrected chi connectivity index (χ4v) is 1.54. The van der Waals surface area contributed by atoms with E-state index in [0.717, 1.165) is 12.0 Å². The minimum Gasteiger partial charge on any atom is -0.454 e. The third-order valence-electron chi connectivity index (χ3n) is 2.56. The molecule has 1 heterocycles. The summed E-state index contributed by atoms with van der Waals surface area (Å²) in [5, 5.41) is 8.65. The maximum Gasteiger partial charge on any atom is 0.150 e. The van der Waals surface area contributed by atoms with Gasteiger partial charge in [-0.15, -0.1) is 0 Å². The van der Waals surface area contributed by atoms with E-state index in [-0.39, 0.29) is 0 Å². The molecule has 0 saturated heterocycles. The molecule has 0 bridgehead atoms. The van der Waals surface area contributed by atoms with Gasteiger partial charge >= 0.3 is 0 Å². The minimum absolute atomic E-state index is 0.358. The molecule has 2 rings (SSSR count). The summed E-state index contributed by atoms with van der Waals surface area (Å²) in [5.41, 5.74) is 8.02. The Morgan fingerprint density at radius 2 is 2.17 bits per heavy atom. The Morgan fingerprint density at radius 1 is 1.33 bits per heavy atom. The Hall–Kier alpha value is -2.54. The molecule has 90 valence electrons. The topological polar surface area (TPSA) is 71.9 Å². The number of nitriles is 1. The molecule has 0 fully saturated rings. The number of aryl methyl sites for hydroxylation is 1. The lowest BCUT2D eigenvalue weighted by atomic mass is 10.1. The third kappa shape index (κ3) is 2.58. The van der Waals surface area contributed by atoms with Crippen molar-refractivity contribution in [2.24, 2.45) is 0 Å². The van der Waals surface area contributed by atoms with Crippen LogP contribution in [-0.4, -0.2) is 4.98 Å². The number of nitrogen functional groups attached to an aromatic ring is 1. The predicted molar refractivity (Wildman–Crippen MR) is 69.3 cm³/mol. The molecule has 0 aliphatic carbocycles. The minimum atomic E-state index is 0.358. The first-order valence-electron chi connectivity index (χ1n) is 5.65. The maximum absolute atomic E-state index is 8.65. The van der Waals surface area contributed by atoms with Crippen molar-refractivity contribution in [3.05, 3.63) is 47.8 Å². The van der Waals surface area contributed by atoms with Gasteiger partial charge in [-0.2, -0.15) is 5.26 Å². The summed E-state index contributed by atoms with van der Waals surface area (Å²) in [5.74, 6) is 1.16. The van der Waals surface area contributed by atoms with Crippen LogP contribution in [0.15, 0.2) is 36.5 Å². The number of nitrogens with zero attached hydrogens (tertiary/aromatic N) is 2. The fourth-order valence-electron chi connectivity index (χ4n) is 1.54. The summed E-state index contributed by atoms with van der Waals surface area (Å²) < 4.78 is 5.61. The van der Waals surface area contributed by atoms with Crippen LogP contribution >= 0.6 is 0 Å². The summed E-state index contributed by atoms with van der Waals surface area (Å²) in [6, 6.07) is 11.0. The zero-order valence-electron chi connectivity index (χ0n) is 10.1. The van der Waals surface area contributed by atoms with Gasteiger partial charge in [-0.05, 0) is 36.2 Å². The van der Waals surface area contributed by atoms with E-state index in [1.807, 2.05) is 24.3 Å². The Bertz CT molecular complexity index is 585. The highest BCUT2D eigenvalue weighted by Gasteiger charge is 2.03. The van der Waals surface area contributed by atoms with Crippen LogP contribution in [0.25, 0.3) is 0 Å². The number of anilines is 1. The summed E-state index contributed by atoms with van der Waals surface area (Å²) in [4.78, 5) is 3.93. The molecule has 0 aliphatic rings. The quantitative estimate of drug-likeness (QED) is 0.836. The number of nitrogens with two attached hydrogens (primary N) is 1. The molecule has 4 nitrogen and oxygen atoms in total. The van der Waals surface area contributed by atoms with Crippen molar-refractivity contribution in [3.8, 4) is 17.6 Å². The molecule has 0 saturated carbocycles. The Balaban J connectivity index is 2.20. The number of aromatic nitrogens is 1. The molecular formula is C14H13N3O. The number of ether oxygens (including phenoxy) is 1. The molecule has 1 aromatic heterocycles. The molecular weight excluding hydrogens is 226 g/mol. The molecule has 0 unspecified atom stereocenters. The SMILES string of the molecule is CCc1ccc(Oc2ccc(C#N)nc2)c(N)c1. The average molecular weight is 239 g/mol. The lowest BCUT2D eigenvalue weighted by molar-refractivity contribution is 0.482.